The number of carbonyl (C=O) groups is 2. The molecule has 1 N–H and O–H groups in total. The van der Waals surface area contributed by atoms with Crippen molar-refractivity contribution >= 4 is 33.9 Å². The molecule has 0 bridgehead atoms. The van der Waals surface area contributed by atoms with E-state index in [1.165, 1.54) is 10.9 Å². The number of nitrogens with zero attached hydrogens (tertiary/aromatic N) is 4. The van der Waals surface area contributed by atoms with Gasteiger partial charge in [-0.2, -0.15) is 0 Å². The highest BCUT2D eigenvalue weighted by Gasteiger charge is 2.28. The Morgan fingerprint density at radius 1 is 1.13 bits per heavy atom. The van der Waals surface area contributed by atoms with Gasteiger partial charge >= 0.3 is 6.09 Å². The molecule has 4 aromatic rings. The number of hydrogen-bond acceptors (Lipinski definition) is 5. The van der Waals surface area contributed by atoms with Gasteiger partial charge in [0.15, 0.2) is 5.82 Å². The smallest absolute Gasteiger partial charge is 0.410 e. The third-order valence-electron chi connectivity index (χ3n) is 6.75. The van der Waals surface area contributed by atoms with Gasteiger partial charge in [-0.15, -0.1) is 0 Å². The number of hydrogen-bond donors (Lipinski definition) is 1. The van der Waals surface area contributed by atoms with E-state index in [4.69, 9.17) is 14.5 Å². The Morgan fingerprint density at radius 3 is 2.68 bits per heavy atom. The number of ether oxygens (including phenoxy) is 2. The maximum absolute atomic E-state index is 13.2. The lowest BCUT2D eigenvalue weighted by Crippen LogP contribution is -2.47. The van der Waals surface area contributed by atoms with Crippen LogP contribution in [0.4, 0.5) is 4.79 Å². The van der Waals surface area contributed by atoms with Crippen molar-refractivity contribution in [1.29, 1.82) is 0 Å². The van der Waals surface area contributed by atoms with Crippen LogP contribution in [-0.4, -0.2) is 69.0 Å². The van der Waals surface area contributed by atoms with Crippen LogP contribution in [0.3, 0.4) is 0 Å². The van der Waals surface area contributed by atoms with Crippen molar-refractivity contribution in [2.24, 2.45) is 7.05 Å². The Hall–Kier alpha value is -3.85. The molecular weight excluding hydrogens is 482 g/mol. The van der Waals surface area contributed by atoms with Crippen molar-refractivity contribution in [3.63, 3.8) is 0 Å². The van der Waals surface area contributed by atoms with Crippen molar-refractivity contribution in [3.05, 3.63) is 54.1 Å². The first-order valence-electron chi connectivity index (χ1n) is 13.1. The largest absolute Gasteiger partial charge is 0.444 e. The number of aryl methyl sites for hydroxylation is 2. The molecule has 38 heavy (non-hydrogen) atoms. The molecule has 0 aliphatic carbocycles. The second kappa shape index (κ2) is 10.1. The van der Waals surface area contributed by atoms with Crippen molar-refractivity contribution in [3.8, 4) is 11.5 Å². The predicted octanol–water partition coefficient (Wildman–Crippen LogP) is 4.58. The first kappa shape index (κ1) is 25.8. The predicted molar refractivity (Wildman–Crippen MR) is 147 cm³/mol. The molecule has 1 atom stereocenters. The SMILES string of the molecule is CCn1c(-c2nc3cc(C(=O)NC4COCCN(C(=O)OC(C)(C)C)C4)ccc3n2C)cc2ccccc21. The van der Waals surface area contributed by atoms with Crippen LogP contribution in [0.25, 0.3) is 33.5 Å². The van der Waals surface area contributed by atoms with Crippen LogP contribution >= 0.6 is 0 Å². The molecule has 1 saturated heterocycles. The highest BCUT2D eigenvalue weighted by molar-refractivity contribution is 5.98. The zero-order valence-corrected chi connectivity index (χ0v) is 22.7. The molecule has 1 unspecified atom stereocenters. The van der Waals surface area contributed by atoms with Crippen LogP contribution < -0.4 is 5.32 Å². The molecular formula is C29H35N5O4. The van der Waals surface area contributed by atoms with Gasteiger partial charge in [-0.1, -0.05) is 18.2 Å². The number of fused-ring (bicyclic) bond motifs is 2. The summed E-state index contributed by atoms with van der Waals surface area (Å²) in [6, 6.07) is 15.7. The summed E-state index contributed by atoms with van der Waals surface area (Å²) in [6.45, 7) is 9.90. The molecule has 1 fully saturated rings. The summed E-state index contributed by atoms with van der Waals surface area (Å²) in [5.41, 5.74) is 3.81. The molecule has 1 aliphatic rings. The molecule has 2 aromatic carbocycles. The van der Waals surface area contributed by atoms with E-state index in [1.807, 2.05) is 58.2 Å². The van der Waals surface area contributed by atoms with Crippen LogP contribution in [0.1, 0.15) is 38.1 Å². The van der Waals surface area contributed by atoms with Gasteiger partial charge in [-0.3, -0.25) is 4.79 Å². The van der Waals surface area contributed by atoms with Crippen LogP contribution in [0, 0.1) is 0 Å². The molecule has 2 amide bonds. The summed E-state index contributed by atoms with van der Waals surface area (Å²) in [4.78, 5) is 32.3. The lowest BCUT2D eigenvalue weighted by Gasteiger charge is -2.28. The van der Waals surface area contributed by atoms with Gasteiger partial charge in [0.2, 0.25) is 0 Å². The Bertz CT molecular complexity index is 1500. The maximum Gasteiger partial charge on any atom is 0.410 e. The van der Waals surface area contributed by atoms with Crippen molar-refractivity contribution in [2.75, 3.05) is 26.3 Å². The second-order valence-electron chi connectivity index (χ2n) is 10.7. The van der Waals surface area contributed by atoms with Gasteiger partial charge < -0.3 is 28.8 Å². The lowest BCUT2D eigenvalue weighted by atomic mass is 10.1. The summed E-state index contributed by atoms with van der Waals surface area (Å²) in [5, 5.41) is 4.19. The highest BCUT2D eigenvalue weighted by Crippen LogP contribution is 2.30. The minimum Gasteiger partial charge on any atom is -0.444 e. The average Bonchev–Trinajstić information content (AvgIpc) is 3.30. The summed E-state index contributed by atoms with van der Waals surface area (Å²) in [6.07, 6.45) is -0.408. The number of aromatic nitrogens is 3. The van der Waals surface area contributed by atoms with Crippen molar-refractivity contribution in [2.45, 2.75) is 45.9 Å². The fourth-order valence-corrected chi connectivity index (χ4v) is 4.97. The first-order valence-corrected chi connectivity index (χ1v) is 13.1. The quantitative estimate of drug-likeness (QED) is 0.428. The normalized spacial score (nSPS) is 16.6. The number of nitrogens with one attached hydrogen (secondary N) is 1. The summed E-state index contributed by atoms with van der Waals surface area (Å²) >= 11 is 0. The van der Waals surface area contributed by atoms with E-state index in [1.54, 1.807) is 4.90 Å². The first-order chi connectivity index (χ1) is 18.1. The number of carbonyl (C=O) groups excluding carboxylic acids is 2. The Labute approximate surface area is 222 Å². The molecule has 3 heterocycles. The topological polar surface area (TPSA) is 90.6 Å². The van der Waals surface area contributed by atoms with Gasteiger partial charge in [0.1, 0.15) is 5.60 Å². The molecule has 9 nitrogen and oxygen atoms in total. The molecule has 0 spiro atoms. The van der Waals surface area contributed by atoms with E-state index in [0.717, 1.165) is 29.1 Å². The Balaban J connectivity index is 1.37. The van der Waals surface area contributed by atoms with Crippen LogP contribution in [0.15, 0.2) is 48.5 Å². The molecule has 0 saturated carbocycles. The van der Waals surface area contributed by atoms with Crippen molar-refractivity contribution < 1.29 is 19.1 Å². The van der Waals surface area contributed by atoms with Gasteiger partial charge in [-0.05, 0) is 58.0 Å². The fourth-order valence-electron chi connectivity index (χ4n) is 4.97. The van der Waals surface area contributed by atoms with Crippen LogP contribution in [0.2, 0.25) is 0 Å². The molecule has 2 aromatic heterocycles. The van der Waals surface area contributed by atoms with E-state index >= 15 is 0 Å². The number of para-hydroxylation sites is 1. The minimum absolute atomic E-state index is 0.235. The number of rotatable bonds is 4. The number of imidazole rings is 1. The summed E-state index contributed by atoms with van der Waals surface area (Å²) < 4.78 is 15.5. The number of benzene rings is 2. The van der Waals surface area contributed by atoms with E-state index in [0.29, 0.717) is 31.9 Å². The van der Waals surface area contributed by atoms with Gasteiger partial charge in [-0.25, -0.2) is 9.78 Å². The fraction of sp³-hybridized carbons (Fsp3) is 0.414. The van der Waals surface area contributed by atoms with E-state index in [-0.39, 0.29) is 11.9 Å². The molecule has 0 radical (unpaired) electrons. The molecule has 1 aliphatic heterocycles. The molecule has 200 valence electrons. The van der Waals surface area contributed by atoms with E-state index < -0.39 is 11.7 Å². The third kappa shape index (κ3) is 5.11. The van der Waals surface area contributed by atoms with E-state index in [2.05, 4.69) is 39.6 Å². The summed E-state index contributed by atoms with van der Waals surface area (Å²) in [5.74, 6) is 0.613. The Morgan fingerprint density at radius 2 is 1.92 bits per heavy atom. The third-order valence-corrected chi connectivity index (χ3v) is 6.75. The standard InChI is InChI=1S/C29H35N5O4/c1-6-34-23-10-8-7-9-19(23)16-25(34)26-31-22-15-20(11-12-24(22)32(26)5)27(35)30-21-17-33(13-14-37-18-21)28(36)38-29(2,3)4/h7-12,15-16,21H,6,13-14,17-18H2,1-5H3,(H,30,35). The van der Waals surface area contributed by atoms with Crippen LogP contribution in [-0.2, 0) is 23.1 Å². The zero-order valence-electron chi connectivity index (χ0n) is 22.7. The minimum atomic E-state index is -0.592. The van der Waals surface area contributed by atoms with Crippen molar-refractivity contribution in [1.82, 2.24) is 24.3 Å². The van der Waals surface area contributed by atoms with Gasteiger partial charge in [0.05, 0.1) is 36.0 Å². The maximum atomic E-state index is 13.2. The van der Waals surface area contributed by atoms with E-state index in [9.17, 15) is 9.59 Å². The lowest BCUT2D eigenvalue weighted by molar-refractivity contribution is 0.0237. The monoisotopic (exact) mass is 517 g/mol. The second-order valence-corrected chi connectivity index (χ2v) is 10.7. The molecule has 5 rings (SSSR count). The average molecular weight is 518 g/mol. The summed E-state index contributed by atoms with van der Waals surface area (Å²) in [7, 11) is 2.00. The molecule has 9 heteroatoms. The van der Waals surface area contributed by atoms with Gasteiger partial charge in [0.25, 0.3) is 5.91 Å². The Kier molecular flexibility index (Phi) is 6.88. The highest BCUT2D eigenvalue weighted by atomic mass is 16.6. The number of amides is 2. The van der Waals surface area contributed by atoms with Gasteiger partial charge in [0, 0.05) is 43.1 Å². The van der Waals surface area contributed by atoms with Crippen LogP contribution in [0.5, 0.6) is 0 Å². The zero-order chi connectivity index (χ0) is 27.0.